The molecule has 26 heavy (non-hydrogen) atoms. The Kier molecular flexibility index (Phi) is 4.45. The second-order valence-corrected chi connectivity index (χ2v) is 6.01. The summed E-state index contributed by atoms with van der Waals surface area (Å²) in [5, 5.41) is 5.12. The van der Waals surface area contributed by atoms with Crippen LogP contribution < -0.4 is 21.3 Å². The van der Waals surface area contributed by atoms with Crippen LogP contribution in [0, 0.1) is 12.8 Å². The van der Waals surface area contributed by atoms with Gasteiger partial charge in [0.25, 0.3) is 5.91 Å². The lowest BCUT2D eigenvalue weighted by Gasteiger charge is -2.31. The molecule has 0 unspecified atom stereocenters. The van der Waals surface area contributed by atoms with Crippen molar-refractivity contribution >= 4 is 34.9 Å². The van der Waals surface area contributed by atoms with Crippen LogP contribution in [0.15, 0.2) is 60.8 Å². The second kappa shape index (κ2) is 6.72. The van der Waals surface area contributed by atoms with Crippen LogP contribution in [0.5, 0.6) is 0 Å². The van der Waals surface area contributed by atoms with E-state index in [4.69, 9.17) is 5.73 Å². The van der Waals surface area contributed by atoms with Crippen molar-refractivity contribution in [3.8, 4) is 0 Å². The maximum atomic E-state index is 12.8. The quantitative estimate of drug-likeness (QED) is 0.580. The summed E-state index contributed by atoms with van der Waals surface area (Å²) >= 11 is 0. The molecule has 132 valence electrons. The number of hydrogen-bond acceptors (Lipinski definition) is 5. The van der Waals surface area contributed by atoms with Crippen LogP contribution in [0.2, 0.25) is 0 Å². The molecule has 2 aromatic carbocycles. The fraction of sp³-hybridized carbons (Fsp3) is 0.105. The lowest BCUT2D eigenvalue weighted by molar-refractivity contribution is -0.132. The van der Waals surface area contributed by atoms with E-state index in [1.807, 2.05) is 6.92 Å². The molecule has 1 atom stereocenters. The van der Waals surface area contributed by atoms with Crippen molar-refractivity contribution < 1.29 is 14.4 Å². The number of rotatable bonds is 4. The normalized spacial score (nSPS) is 17.0. The standard InChI is InChI=1S/C19H18N4O3/c1-11-6-8-15(9-7-11)23-18(25)16(17(24)22-19(23)26)12(2)21-14-5-3-4-13(20)10-14/h3-10,16,21H,2,20H2,1H3,(H,22,24,26)/t16-/m0/s1. The molecule has 0 spiro atoms. The van der Waals surface area contributed by atoms with Crippen molar-refractivity contribution in [1.82, 2.24) is 5.32 Å². The number of amides is 4. The molecule has 2 aromatic rings. The third-order valence-electron chi connectivity index (χ3n) is 3.99. The summed E-state index contributed by atoms with van der Waals surface area (Å²) < 4.78 is 0. The first kappa shape index (κ1) is 17.2. The SMILES string of the molecule is C=C(Nc1cccc(N)c1)[C@H]1C(=O)NC(=O)N(c2ccc(C)cc2)C1=O. The Morgan fingerprint density at radius 1 is 1.15 bits per heavy atom. The summed E-state index contributed by atoms with van der Waals surface area (Å²) in [6.07, 6.45) is 0. The molecule has 1 fully saturated rings. The van der Waals surface area contributed by atoms with Crippen molar-refractivity contribution in [2.45, 2.75) is 6.92 Å². The zero-order chi connectivity index (χ0) is 18.8. The van der Waals surface area contributed by atoms with Crippen LogP contribution in [0.1, 0.15) is 5.56 Å². The van der Waals surface area contributed by atoms with Gasteiger partial charge in [-0.15, -0.1) is 0 Å². The average Bonchev–Trinajstić information content (AvgIpc) is 2.56. The average molecular weight is 350 g/mol. The number of carbonyl (C=O) groups excluding carboxylic acids is 3. The number of anilines is 3. The smallest absolute Gasteiger partial charge is 0.335 e. The fourth-order valence-electron chi connectivity index (χ4n) is 2.69. The molecular weight excluding hydrogens is 332 g/mol. The van der Waals surface area contributed by atoms with E-state index in [2.05, 4.69) is 17.2 Å². The number of benzene rings is 2. The number of hydrogen-bond donors (Lipinski definition) is 3. The van der Waals surface area contributed by atoms with Gasteiger partial charge in [0.1, 0.15) is 0 Å². The predicted octanol–water partition coefficient (Wildman–Crippen LogP) is 2.40. The summed E-state index contributed by atoms with van der Waals surface area (Å²) in [5.74, 6) is -2.62. The van der Waals surface area contributed by atoms with Crippen molar-refractivity contribution in [1.29, 1.82) is 0 Å². The highest BCUT2D eigenvalue weighted by Crippen LogP contribution is 2.25. The summed E-state index contributed by atoms with van der Waals surface area (Å²) in [5.41, 5.74) is 8.37. The van der Waals surface area contributed by atoms with Crippen molar-refractivity contribution in [3.05, 3.63) is 66.4 Å². The van der Waals surface area contributed by atoms with Gasteiger partial charge in [-0.2, -0.15) is 0 Å². The largest absolute Gasteiger partial charge is 0.399 e. The Morgan fingerprint density at radius 3 is 2.50 bits per heavy atom. The van der Waals surface area contributed by atoms with Gasteiger partial charge in [-0.05, 0) is 37.3 Å². The molecular formula is C19H18N4O3. The highest BCUT2D eigenvalue weighted by atomic mass is 16.2. The highest BCUT2D eigenvalue weighted by Gasteiger charge is 2.42. The minimum atomic E-state index is -1.24. The van der Waals surface area contributed by atoms with Gasteiger partial charge < -0.3 is 11.1 Å². The van der Waals surface area contributed by atoms with Crippen LogP contribution in [0.25, 0.3) is 0 Å². The van der Waals surface area contributed by atoms with E-state index in [0.29, 0.717) is 17.1 Å². The first-order valence-corrected chi connectivity index (χ1v) is 7.93. The molecule has 4 N–H and O–H groups in total. The van der Waals surface area contributed by atoms with Crippen molar-refractivity contribution in [2.75, 3.05) is 16.0 Å². The number of carbonyl (C=O) groups is 3. The number of nitrogens with two attached hydrogens (primary N) is 1. The van der Waals surface area contributed by atoms with Gasteiger partial charge in [0.05, 0.1) is 5.69 Å². The molecule has 1 heterocycles. The number of nitrogens with zero attached hydrogens (tertiary/aromatic N) is 1. The Labute approximate surface area is 150 Å². The maximum Gasteiger partial charge on any atom is 0.335 e. The molecule has 0 saturated carbocycles. The molecule has 0 radical (unpaired) electrons. The molecule has 1 aliphatic heterocycles. The molecule has 0 aliphatic carbocycles. The molecule has 7 nitrogen and oxygen atoms in total. The lowest BCUT2D eigenvalue weighted by atomic mass is 10.0. The maximum absolute atomic E-state index is 12.8. The van der Waals surface area contributed by atoms with Gasteiger partial charge >= 0.3 is 6.03 Å². The van der Waals surface area contributed by atoms with Crippen LogP contribution in [-0.4, -0.2) is 17.8 Å². The number of imide groups is 2. The van der Waals surface area contributed by atoms with Crippen LogP contribution in [0.3, 0.4) is 0 Å². The van der Waals surface area contributed by atoms with E-state index < -0.39 is 23.8 Å². The van der Waals surface area contributed by atoms with E-state index in [0.717, 1.165) is 10.5 Å². The monoisotopic (exact) mass is 350 g/mol. The lowest BCUT2D eigenvalue weighted by Crippen LogP contribution is -2.59. The highest BCUT2D eigenvalue weighted by molar-refractivity contribution is 6.28. The van der Waals surface area contributed by atoms with Crippen LogP contribution in [0.4, 0.5) is 21.9 Å². The Morgan fingerprint density at radius 2 is 1.85 bits per heavy atom. The number of nitrogen functional groups attached to an aromatic ring is 1. The van der Waals surface area contributed by atoms with Gasteiger partial charge in [0, 0.05) is 17.1 Å². The number of aryl methyl sites for hydroxylation is 1. The molecule has 1 aliphatic rings. The number of barbiturate groups is 1. The molecule has 3 rings (SSSR count). The predicted molar refractivity (Wildman–Crippen MR) is 99.3 cm³/mol. The van der Waals surface area contributed by atoms with Crippen molar-refractivity contribution in [2.24, 2.45) is 5.92 Å². The van der Waals surface area contributed by atoms with Crippen LogP contribution >= 0.6 is 0 Å². The Hall–Kier alpha value is -3.61. The molecule has 4 amide bonds. The topological polar surface area (TPSA) is 105 Å². The van der Waals surface area contributed by atoms with Gasteiger partial charge in [0.15, 0.2) is 5.92 Å². The zero-order valence-corrected chi connectivity index (χ0v) is 14.2. The van der Waals surface area contributed by atoms with Gasteiger partial charge in [0.2, 0.25) is 5.91 Å². The minimum Gasteiger partial charge on any atom is -0.399 e. The number of nitrogens with one attached hydrogen (secondary N) is 2. The second-order valence-electron chi connectivity index (χ2n) is 6.01. The number of urea groups is 1. The van der Waals surface area contributed by atoms with E-state index in [1.165, 1.54) is 0 Å². The van der Waals surface area contributed by atoms with Gasteiger partial charge in [-0.1, -0.05) is 30.3 Å². The summed E-state index contributed by atoms with van der Waals surface area (Å²) in [4.78, 5) is 38.2. The van der Waals surface area contributed by atoms with E-state index in [9.17, 15) is 14.4 Å². The van der Waals surface area contributed by atoms with Crippen molar-refractivity contribution in [3.63, 3.8) is 0 Å². The molecule has 0 bridgehead atoms. The zero-order valence-electron chi connectivity index (χ0n) is 14.2. The molecule has 1 saturated heterocycles. The minimum absolute atomic E-state index is 0.155. The third kappa shape index (κ3) is 3.27. The Bertz CT molecular complexity index is 905. The first-order chi connectivity index (χ1) is 12.4. The van der Waals surface area contributed by atoms with Crippen LogP contribution in [-0.2, 0) is 9.59 Å². The molecule has 7 heteroatoms. The fourth-order valence-corrected chi connectivity index (χ4v) is 2.69. The van der Waals surface area contributed by atoms with E-state index >= 15 is 0 Å². The summed E-state index contributed by atoms with van der Waals surface area (Å²) in [7, 11) is 0. The van der Waals surface area contributed by atoms with E-state index in [1.54, 1.807) is 48.5 Å². The Balaban J connectivity index is 1.87. The summed E-state index contributed by atoms with van der Waals surface area (Å²) in [6.45, 7) is 5.69. The van der Waals surface area contributed by atoms with Gasteiger partial charge in [-0.3, -0.25) is 14.9 Å². The van der Waals surface area contributed by atoms with Gasteiger partial charge in [-0.25, -0.2) is 9.69 Å². The summed E-state index contributed by atoms with van der Waals surface area (Å²) in [6, 6.07) is 12.9. The molecule has 0 aromatic heterocycles. The third-order valence-corrected chi connectivity index (χ3v) is 3.99. The first-order valence-electron chi connectivity index (χ1n) is 7.93. The van der Waals surface area contributed by atoms with E-state index in [-0.39, 0.29) is 5.70 Å².